The van der Waals surface area contributed by atoms with Crippen LogP contribution < -0.4 is 5.32 Å². The molecule has 0 spiro atoms. The molecule has 0 saturated carbocycles. The van der Waals surface area contributed by atoms with Crippen molar-refractivity contribution in [1.29, 1.82) is 0 Å². The summed E-state index contributed by atoms with van der Waals surface area (Å²) in [6, 6.07) is 0. The number of carbonyl (C=O) groups excluding carboxylic acids is 1. The van der Waals surface area contributed by atoms with E-state index in [-0.39, 0.29) is 5.97 Å². The molecule has 4 heteroatoms. The fraction of sp³-hybridized carbons (Fsp3) is 0.696. The minimum absolute atomic E-state index is 0.121. The lowest BCUT2D eigenvalue weighted by Crippen LogP contribution is -2.16. The Morgan fingerprint density at radius 1 is 1.00 bits per heavy atom. The van der Waals surface area contributed by atoms with E-state index in [4.69, 9.17) is 9.84 Å². The van der Waals surface area contributed by atoms with Crippen LogP contribution in [0.4, 0.5) is 0 Å². The summed E-state index contributed by atoms with van der Waals surface area (Å²) in [5, 5.41) is 12.0. The number of esters is 1. The van der Waals surface area contributed by atoms with E-state index in [1.165, 1.54) is 33.4 Å². The minimum Gasteiger partial charge on any atom is -0.466 e. The molecule has 1 aliphatic heterocycles. The molecule has 2 N–H and O–H groups in total. The topological polar surface area (TPSA) is 58.6 Å². The minimum atomic E-state index is -0.500. The number of carbonyl (C=O) groups is 1. The first-order valence-electron chi connectivity index (χ1n) is 10.2. The largest absolute Gasteiger partial charge is 0.466 e. The van der Waals surface area contributed by atoms with E-state index in [1.807, 2.05) is 20.8 Å². The van der Waals surface area contributed by atoms with Crippen molar-refractivity contribution in [3.05, 3.63) is 33.4 Å². The van der Waals surface area contributed by atoms with E-state index in [2.05, 4.69) is 26.1 Å². The zero-order valence-electron chi connectivity index (χ0n) is 19.0. The van der Waals surface area contributed by atoms with Crippen molar-refractivity contribution in [3.63, 3.8) is 0 Å². The summed E-state index contributed by atoms with van der Waals surface area (Å²) in [4.78, 5) is 11.8. The number of hydrogen-bond acceptors (Lipinski definition) is 4. The van der Waals surface area contributed by atoms with Crippen molar-refractivity contribution >= 4 is 5.97 Å². The Hall–Kier alpha value is -1.39. The van der Waals surface area contributed by atoms with Gasteiger partial charge in [-0.15, -0.1) is 0 Å². The average Bonchev–Trinajstić information content (AvgIpc) is 2.83. The van der Waals surface area contributed by atoms with Crippen LogP contribution >= 0.6 is 0 Å². The number of aliphatic hydroxyl groups is 1. The summed E-state index contributed by atoms with van der Waals surface area (Å²) in [6.07, 6.45) is 2.54. The normalized spacial score (nSPS) is 13.3. The number of benzene rings is 1. The van der Waals surface area contributed by atoms with E-state index in [0.717, 1.165) is 25.9 Å². The van der Waals surface area contributed by atoms with Crippen LogP contribution in [-0.2, 0) is 28.8 Å². The Kier molecular flexibility index (Phi) is 11.5. The van der Waals surface area contributed by atoms with E-state index in [1.54, 1.807) is 20.8 Å². The molecule has 1 aliphatic rings. The highest BCUT2D eigenvalue weighted by Gasteiger charge is 2.20. The molecule has 0 saturated heterocycles. The molecular weight excluding hydrogens is 338 g/mol. The van der Waals surface area contributed by atoms with Gasteiger partial charge in [0.05, 0.1) is 18.6 Å². The number of rotatable bonds is 3. The zero-order chi connectivity index (χ0) is 21.2. The van der Waals surface area contributed by atoms with Crippen LogP contribution in [-0.4, -0.2) is 36.4 Å². The van der Waals surface area contributed by atoms with Crippen molar-refractivity contribution in [3.8, 4) is 0 Å². The fourth-order valence-electron chi connectivity index (χ4n) is 3.22. The molecule has 1 heterocycles. The van der Waals surface area contributed by atoms with E-state index < -0.39 is 5.60 Å². The predicted octanol–water partition coefficient (Wildman–Crippen LogP) is 4.21. The molecular formula is C23H41NO3. The first-order chi connectivity index (χ1) is 12.6. The Morgan fingerprint density at radius 2 is 1.44 bits per heavy atom. The molecule has 1 aromatic carbocycles. The molecule has 0 atom stereocenters. The van der Waals surface area contributed by atoms with Gasteiger partial charge in [0, 0.05) is 0 Å². The average molecular weight is 380 g/mol. The molecule has 0 aromatic heterocycles. The van der Waals surface area contributed by atoms with E-state index >= 15 is 0 Å². The smallest absolute Gasteiger partial charge is 0.310 e. The maximum absolute atomic E-state index is 11.8. The van der Waals surface area contributed by atoms with Crippen LogP contribution in [0.5, 0.6) is 0 Å². The highest BCUT2D eigenvalue weighted by Crippen LogP contribution is 2.29. The SMILES string of the molecule is CC.CC(C)(C)O.CCOC(=O)Cc1c(C)c(C)c2c(c1C)CCNCC2. The maximum Gasteiger partial charge on any atom is 0.310 e. The second-order valence-electron chi connectivity index (χ2n) is 7.71. The van der Waals surface area contributed by atoms with Crippen LogP contribution in [0.15, 0.2) is 0 Å². The Bertz CT molecular complexity index is 595. The van der Waals surface area contributed by atoms with Crippen molar-refractivity contribution in [2.45, 2.75) is 87.2 Å². The van der Waals surface area contributed by atoms with Gasteiger partial charge in [-0.05, 0) is 108 Å². The molecule has 1 aromatic rings. The second kappa shape index (κ2) is 12.1. The van der Waals surface area contributed by atoms with Gasteiger partial charge in [0.25, 0.3) is 0 Å². The maximum atomic E-state index is 11.8. The lowest BCUT2D eigenvalue weighted by atomic mass is 9.85. The van der Waals surface area contributed by atoms with E-state index in [9.17, 15) is 4.79 Å². The Morgan fingerprint density at radius 3 is 1.89 bits per heavy atom. The second-order valence-corrected chi connectivity index (χ2v) is 7.71. The van der Waals surface area contributed by atoms with Crippen LogP contribution in [0, 0.1) is 20.8 Å². The third-order valence-electron chi connectivity index (χ3n) is 4.47. The highest BCUT2D eigenvalue weighted by molar-refractivity contribution is 5.74. The summed E-state index contributed by atoms with van der Waals surface area (Å²) in [5.74, 6) is -0.121. The van der Waals surface area contributed by atoms with Gasteiger partial charge in [-0.2, -0.15) is 0 Å². The summed E-state index contributed by atoms with van der Waals surface area (Å²) < 4.78 is 5.11. The monoisotopic (exact) mass is 379 g/mol. The molecule has 0 amide bonds. The van der Waals surface area contributed by atoms with Gasteiger partial charge >= 0.3 is 5.97 Å². The lowest BCUT2D eigenvalue weighted by Gasteiger charge is -2.20. The van der Waals surface area contributed by atoms with Gasteiger partial charge in [-0.3, -0.25) is 4.79 Å². The molecule has 0 unspecified atom stereocenters. The number of fused-ring (bicyclic) bond motifs is 1. The van der Waals surface area contributed by atoms with Crippen molar-refractivity contribution in [2.75, 3.05) is 19.7 Å². The van der Waals surface area contributed by atoms with Crippen molar-refractivity contribution < 1.29 is 14.6 Å². The quantitative estimate of drug-likeness (QED) is 0.773. The predicted molar refractivity (Wildman–Crippen MR) is 115 cm³/mol. The third kappa shape index (κ3) is 8.89. The summed E-state index contributed by atoms with van der Waals surface area (Å²) in [5.41, 5.74) is 7.50. The number of hydrogen-bond donors (Lipinski definition) is 2. The van der Waals surface area contributed by atoms with Crippen LogP contribution in [0.1, 0.15) is 74.9 Å². The molecule has 0 fully saturated rings. The van der Waals surface area contributed by atoms with E-state index in [0.29, 0.717) is 13.0 Å². The van der Waals surface area contributed by atoms with Gasteiger partial charge in [-0.25, -0.2) is 0 Å². The molecule has 4 nitrogen and oxygen atoms in total. The summed E-state index contributed by atoms with van der Waals surface area (Å²) in [6.45, 7) is 20.1. The Labute approximate surface area is 166 Å². The Balaban J connectivity index is 0.000000838. The fourth-order valence-corrected chi connectivity index (χ4v) is 3.22. The van der Waals surface area contributed by atoms with Gasteiger partial charge in [0.1, 0.15) is 0 Å². The molecule has 0 aliphatic carbocycles. The molecule has 27 heavy (non-hydrogen) atoms. The van der Waals surface area contributed by atoms with Gasteiger partial charge in [-0.1, -0.05) is 13.8 Å². The zero-order valence-corrected chi connectivity index (χ0v) is 19.0. The highest BCUT2D eigenvalue weighted by atomic mass is 16.5. The molecule has 0 radical (unpaired) electrons. The first kappa shape index (κ1) is 25.6. The third-order valence-corrected chi connectivity index (χ3v) is 4.47. The lowest BCUT2D eigenvalue weighted by molar-refractivity contribution is -0.142. The van der Waals surface area contributed by atoms with Crippen molar-refractivity contribution in [1.82, 2.24) is 5.32 Å². The number of nitrogens with one attached hydrogen (secondary N) is 1. The summed E-state index contributed by atoms with van der Waals surface area (Å²) in [7, 11) is 0. The number of ether oxygens (including phenoxy) is 1. The molecule has 2 rings (SSSR count). The van der Waals surface area contributed by atoms with Crippen LogP contribution in [0.25, 0.3) is 0 Å². The first-order valence-corrected chi connectivity index (χ1v) is 10.2. The summed E-state index contributed by atoms with van der Waals surface area (Å²) >= 11 is 0. The molecule has 0 bridgehead atoms. The van der Waals surface area contributed by atoms with Crippen molar-refractivity contribution in [2.24, 2.45) is 0 Å². The van der Waals surface area contributed by atoms with Gasteiger partial charge in [0.2, 0.25) is 0 Å². The standard InChI is InChI=1S/C17H25NO2.C4H10O.C2H6/c1-5-20-17(19)10-16-12(3)11(2)14-6-8-18-9-7-15(14)13(16)4;1-4(2,3)5;1-2/h18H,5-10H2,1-4H3;5H,1-3H3;1-2H3. The molecule has 156 valence electrons. The van der Waals surface area contributed by atoms with Crippen LogP contribution in [0.2, 0.25) is 0 Å². The van der Waals surface area contributed by atoms with Gasteiger partial charge < -0.3 is 15.2 Å². The van der Waals surface area contributed by atoms with Crippen LogP contribution in [0.3, 0.4) is 0 Å². The van der Waals surface area contributed by atoms with Gasteiger partial charge in [0.15, 0.2) is 0 Å².